The Balaban J connectivity index is 1.45. The number of hydrogen-bond acceptors (Lipinski definition) is 6. The lowest BCUT2D eigenvalue weighted by Crippen LogP contribution is -2.48. The minimum Gasteiger partial charge on any atom is -0.491 e. The molecular formula is C24H32N2O4S. The van der Waals surface area contributed by atoms with Crippen molar-refractivity contribution in [2.75, 3.05) is 39.4 Å². The molecule has 3 atom stereocenters. The molecule has 1 N–H and O–H groups in total. The molecule has 6 nitrogen and oxygen atoms in total. The molecule has 0 radical (unpaired) electrons. The van der Waals surface area contributed by atoms with Gasteiger partial charge < -0.3 is 19.5 Å². The van der Waals surface area contributed by atoms with Gasteiger partial charge in [0.2, 0.25) is 5.91 Å². The Bertz CT molecular complexity index is 835. The van der Waals surface area contributed by atoms with E-state index in [2.05, 4.69) is 11.4 Å². The van der Waals surface area contributed by atoms with E-state index in [1.165, 1.54) is 10.4 Å². The molecule has 1 aromatic heterocycles. The zero-order chi connectivity index (χ0) is 21.6. The van der Waals surface area contributed by atoms with Crippen LogP contribution in [0.2, 0.25) is 0 Å². The largest absolute Gasteiger partial charge is 0.491 e. The molecule has 1 amide bonds. The fraction of sp³-hybridized carbons (Fsp3) is 0.542. The molecule has 1 fully saturated rings. The lowest BCUT2D eigenvalue weighted by molar-refractivity contribution is -0.136. The maximum absolute atomic E-state index is 13.4. The molecule has 0 bridgehead atoms. The number of rotatable bonds is 9. The predicted molar refractivity (Wildman–Crippen MR) is 122 cm³/mol. The smallest absolute Gasteiger partial charge is 0.237 e. The van der Waals surface area contributed by atoms with Crippen molar-refractivity contribution in [2.45, 2.75) is 44.4 Å². The number of fused-ring (bicyclic) bond motifs is 1. The van der Waals surface area contributed by atoms with Gasteiger partial charge in [-0.15, -0.1) is 11.3 Å². The van der Waals surface area contributed by atoms with E-state index >= 15 is 0 Å². The van der Waals surface area contributed by atoms with Gasteiger partial charge in [0.1, 0.15) is 12.4 Å². The van der Waals surface area contributed by atoms with Gasteiger partial charge in [-0.1, -0.05) is 18.2 Å². The van der Waals surface area contributed by atoms with E-state index in [9.17, 15) is 9.90 Å². The molecule has 2 aromatic rings. The normalized spacial score (nSPS) is 21.8. The average molecular weight is 445 g/mol. The summed E-state index contributed by atoms with van der Waals surface area (Å²) < 4.78 is 11.8. The quantitative estimate of drug-likeness (QED) is 0.644. The van der Waals surface area contributed by atoms with Crippen LogP contribution in [0.5, 0.6) is 5.75 Å². The summed E-state index contributed by atoms with van der Waals surface area (Å²) >= 11 is 1.75. The number of thiophene rings is 1. The molecular weight excluding hydrogens is 412 g/mol. The van der Waals surface area contributed by atoms with E-state index < -0.39 is 6.10 Å². The zero-order valence-electron chi connectivity index (χ0n) is 18.1. The van der Waals surface area contributed by atoms with E-state index in [0.717, 1.165) is 31.6 Å². The maximum Gasteiger partial charge on any atom is 0.237 e. The monoisotopic (exact) mass is 444 g/mol. The van der Waals surface area contributed by atoms with Gasteiger partial charge in [0.05, 0.1) is 24.8 Å². The van der Waals surface area contributed by atoms with Gasteiger partial charge >= 0.3 is 0 Å². The first-order chi connectivity index (χ1) is 15.1. The Morgan fingerprint density at radius 3 is 2.94 bits per heavy atom. The van der Waals surface area contributed by atoms with Crippen molar-refractivity contribution >= 4 is 17.2 Å². The van der Waals surface area contributed by atoms with Crippen molar-refractivity contribution in [3.63, 3.8) is 0 Å². The number of aliphatic hydroxyl groups excluding tert-OH is 1. The van der Waals surface area contributed by atoms with Gasteiger partial charge in [0.15, 0.2) is 0 Å². The second kappa shape index (κ2) is 10.6. The summed E-state index contributed by atoms with van der Waals surface area (Å²) in [6, 6.07) is 11.8. The predicted octanol–water partition coefficient (Wildman–Crippen LogP) is 3.11. The molecule has 4 rings (SSSR count). The summed E-state index contributed by atoms with van der Waals surface area (Å²) in [5, 5.41) is 12.1. The number of carbonyl (C=O) groups excluding carboxylic acids is 1. The Morgan fingerprint density at radius 1 is 1.35 bits per heavy atom. The fourth-order valence-electron chi connectivity index (χ4n) is 4.50. The topological polar surface area (TPSA) is 62.2 Å². The highest BCUT2D eigenvalue weighted by Crippen LogP contribution is 2.34. The van der Waals surface area contributed by atoms with Crippen LogP contribution in [-0.4, -0.2) is 72.4 Å². The first kappa shape index (κ1) is 22.3. The van der Waals surface area contributed by atoms with Crippen molar-refractivity contribution in [2.24, 2.45) is 0 Å². The third-order valence-electron chi connectivity index (χ3n) is 5.93. The molecule has 0 aliphatic carbocycles. The van der Waals surface area contributed by atoms with Crippen LogP contribution in [-0.2, 0) is 16.0 Å². The first-order valence-electron chi connectivity index (χ1n) is 11.2. The Labute approximate surface area is 188 Å². The number of carbonyl (C=O) groups is 1. The summed E-state index contributed by atoms with van der Waals surface area (Å²) in [7, 11) is 0. The van der Waals surface area contributed by atoms with Crippen molar-refractivity contribution < 1.29 is 19.4 Å². The van der Waals surface area contributed by atoms with Crippen LogP contribution in [0.4, 0.5) is 0 Å². The molecule has 7 heteroatoms. The van der Waals surface area contributed by atoms with Crippen molar-refractivity contribution in [3.8, 4) is 5.75 Å². The third-order valence-corrected chi connectivity index (χ3v) is 6.93. The van der Waals surface area contributed by atoms with Crippen molar-refractivity contribution in [1.29, 1.82) is 0 Å². The number of amides is 1. The third kappa shape index (κ3) is 5.86. The van der Waals surface area contributed by atoms with Gasteiger partial charge in [0.25, 0.3) is 0 Å². The summed E-state index contributed by atoms with van der Waals surface area (Å²) in [5.74, 6) is 0.892. The number of nitrogens with zero attached hydrogens (tertiary/aromatic N) is 2. The van der Waals surface area contributed by atoms with Crippen LogP contribution < -0.4 is 4.74 Å². The Kier molecular flexibility index (Phi) is 7.61. The van der Waals surface area contributed by atoms with Crippen LogP contribution in [0.25, 0.3) is 0 Å². The first-order valence-corrected chi connectivity index (χ1v) is 12.0. The lowest BCUT2D eigenvalue weighted by atomic mass is 10.0. The summed E-state index contributed by atoms with van der Waals surface area (Å²) in [6.45, 7) is 5.11. The highest BCUT2D eigenvalue weighted by Gasteiger charge is 2.33. The van der Waals surface area contributed by atoms with Gasteiger partial charge in [-0.25, -0.2) is 0 Å². The summed E-state index contributed by atoms with van der Waals surface area (Å²) in [5.41, 5.74) is 1.20. The summed E-state index contributed by atoms with van der Waals surface area (Å²) in [6.07, 6.45) is 2.61. The number of para-hydroxylation sites is 1. The summed E-state index contributed by atoms with van der Waals surface area (Å²) in [4.78, 5) is 18.8. The van der Waals surface area contributed by atoms with E-state index in [-0.39, 0.29) is 24.6 Å². The second-order valence-corrected chi connectivity index (χ2v) is 9.45. The van der Waals surface area contributed by atoms with Crippen molar-refractivity contribution in [1.82, 2.24) is 9.80 Å². The standard InChI is InChI=1S/C24H32N2O4S/c1-18(27)14-25(15-20-8-5-12-29-20)16-24(28)26-11-9-23-21(10-13-31-23)22(26)17-30-19-6-3-2-4-7-19/h2-4,6-7,10,13,18,20,22,27H,5,8-9,11-12,14-17H2,1H3/t18-,20+,22-/m0/s1. The second-order valence-electron chi connectivity index (χ2n) is 8.45. The minimum atomic E-state index is -0.490. The van der Waals surface area contributed by atoms with Crippen molar-refractivity contribution in [3.05, 3.63) is 52.2 Å². The maximum atomic E-state index is 13.4. The van der Waals surface area contributed by atoms with Crippen LogP contribution in [0.15, 0.2) is 41.8 Å². The number of hydrogen-bond donors (Lipinski definition) is 1. The number of aliphatic hydroxyl groups is 1. The lowest BCUT2D eigenvalue weighted by Gasteiger charge is -2.37. The average Bonchev–Trinajstić information content (AvgIpc) is 3.44. The number of ether oxygens (including phenoxy) is 2. The van der Waals surface area contributed by atoms with Gasteiger partial charge in [-0.05, 0) is 55.3 Å². The Hall–Kier alpha value is -1.93. The van der Waals surface area contributed by atoms with Gasteiger partial charge in [0, 0.05) is 31.1 Å². The Morgan fingerprint density at radius 2 is 2.19 bits per heavy atom. The van der Waals surface area contributed by atoms with E-state index in [0.29, 0.717) is 26.2 Å². The molecule has 1 aromatic carbocycles. The molecule has 3 heterocycles. The molecule has 0 unspecified atom stereocenters. The molecule has 168 valence electrons. The van der Waals surface area contributed by atoms with Gasteiger partial charge in [-0.3, -0.25) is 9.69 Å². The molecule has 2 aliphatic rings. The molecule has 2 aliphatic heterocycles. The minimum absolute atomic E-state index is 0.0807. The van der Waals surface area contributed by atoms with E-state index in [4.69, 9.17) is 9.47 Å². The SMILES string of the molecule is C[C@H](O)CN(CC(=O)N1CCc2sccc2[C@@H]1COc1ccccc1)C[C@H]1CCCO1. The van der Waals surface area contributed by atoms with E-state index in [1.807, 2.05) is 40.1 Å². The molecule has 0 spiro atoms. The highest BCUT2D eigenvalue weighted by molar-refractivity contribution is 7.10. The van der Waals surface area contributed by atoms with Crippen LogP contribution in [0.3, 0.4) is 0 Å². The number of benzene rings is 1. The van der Waals surface area contributed by atoms with Crippen LogP contribution in [0.1, 0.15) is 36.2 Å². The molecule has 0 saturated carbocycles. The fourth-order valence-corrected chi connectivity index (χ4v) is 5.43. The molecule has 31 heavy (non-hydrogen) atoms. The zero-order valence-corrected chi connectivity index (χ0v) is 18.9. The van der Waals surface area contributed by atoms with Crippen LogP contribution in [0, 0.1) is 0 Å². The van der Waals surface area contributed by atoms with Crippen LogP contribution >= 0.6 is 11.3 Å². The highest BCUT2D eigenvalue weighted by atomic mass is 32.1. The molecule has 1 saturated heterocycles. The van der Waals surface area contributed by atoms with E-state index in [1.54, 1.807) is 18.3 Å². The van der Waals surface area contributed by atoms with Gasteiger partial charge in [-0.2, -0.15) is 0 Å².